The molecule has 0 saturated carbocycles. The molecule has 0 fully saturated rings. The number of amides is 3. The molecular weight excluding hydrogens is 516 g/mol. The minimum atomic E-state index is -1.16. The molecular formula is C33H30N4O4. The van der Waals surface area contributed by atoms with Gasteiger partial charge in [-0.1, -0.05) is 78.9 Å². The SMILES string of the molecule is C[C@H](NC(=O)Cc1ccc(Oc2ccccc2)cc1)C(=O)N[C@H]1N=C(c2ccccc2)c2ccccc2N(C)C1=O. The second-order valence-corrected chi connectivity index (χ2v) is 9.69. The number of nitrogens with zero attached hydrogens (tertiary/aromatic N) is 2. The van der Waals surface area contributed by atoms with E-state index in [2.05, 4.69) is 10.6 Å². The molecule has 0 unspecified atom stereocenters. The third-order valence-electron chi connectivity index (χ3n) is 6.71. The standard InChI is InChI=1S/C33H30N4O4/c1-22(34-29(38)21-23-17-19-26(20-18-23)41-25-13-7-4-8-14-25)32(39)36-31-33(40)37(2)28-16-10-9-15-27(28)30(35-31)24-11-5-3-6-12-24/h3-20,22,31H,21H2,1-2H3,(H,34,38)(H,36,39)/t22-,31+/m0/s1. The minimum absolute atomic E-state index is 0.0833. The number of anilines is 1. The number of benzodiazepines with no additional fused rings is 1. The van der Waals surface area contributed by atoms with Crippen LogP contribution in [0.4, 0.5) is 5.69 Å². The predicted octanol–water partition coefficient (Wildman–Crippen LogP) is 4.48. The lowest BCUT2D eigenvalue weighted by Gasteiger charge is -2.22. The summed E-state index contributed by atoms with van der Waals surface area (Å²) in [6.07, 6.45) is -1.08. The number of likely N-dealkylation sites (N-methyl/N-ethyl adjacent to an activating group) is 1. The fourth-order valence-electron chi connectivity index (χ4n) is 4.55. The number of rotatable bonds is 8. The Morgan fingerprint density at radius 1 is 0.854 bits per heavy atom. The smallest absolute Gasteiger partial charge is 0.272 e. The van der Waals surface area contributed by atoms with Crippen molar-refractivity contribution in [1.82, 2.24) is 10.6 Å². The first-order valence-corrected chi connectivity index (χ1v) is 13.3. The molecule has 0 radical (unpaired) electrons. The Morgan fingerprint density at radius 2 is 1.46 bits per heavy atom. The van der Waals surface area contributed by atoms with Crippen molar-refractivity contribution in [3.05, 3.63) is 126 Å². The molecule has 206 valence electrons. The Labute approximate surface area is 238 Å². The Bertz CT molecular complexity index is 1570. The third kappa shape index (κ3) is 6.50. The van der Waals surface area contributed by atoms with Gasteiger partial charge in [-0.2, -0.15) is 0 Å². The van der Waals surface area contributed by atoms with Crippen molar-refractivity contribution in [1.29, 1.82) is 0 Å². The largest absolute Gasteiger partial charge is 0.457 e. The summed E-state index contributed by atoms with van der Waals surface area (Å²) >= 11 is 0. The molecule has 41 heavy (non-hydrogen) atoms. The zero-order chi connectivity index (χ0) is 28.8. The number of ether oxygens (including phenoxy) is 1. The molecule has 4 aromatic carbocycles. The molecule has 8 heteroatoms. The van der Waals surface area contributed by atoms with Crippen LogP contribution < -0.4 is 20.3 Å². The van der Waals surface area contributed by atoms with Gasteiger partial charge < -0.3 is 20.3 Å². The quantitative estimate of drug-likeness (QED) is 0.340. The summed E-state index contributed by atoms with van der Waals surface area (Å²) in [6.45, 7) is 1.57. The van der Waals surface area contributed by atoms with Crippen LogP contribution >= 0.6 is 0 Å². The van der Waals surface area contributed by atoms with Crippen LogP contribution in [0.5, 0.6) is 11.5 Å². The molecule has 3 amide bonds. The van der Waals surface area contributed by atoms with Crippen LogP contribution in [0, 0.1) is 0 Å². The number of fused-ring (bicyclic) bond motifs is 1. The lowest BCUT2D eigenvalue weighted by molar-refractivity contribution is -0.130. The number of hydrogen-bond donors (Lipinski definition) is 2. The number of carbonyl (C=O) groups excluding carboxylic acids is 3. The van der Waals surface area contributed by atoms with Gasteiger partial charge in [-0.15, -0.1) is 0 Å². The fraction of sp³-hybridized carbons (Fsp3) is 0.152. The highest BCUT2D eigenvalue weighted by molar-refractivity contribution is 6.20. The lowest BCUT2D eigenvalue weighted by Crippen LogP contribution is -2.52. The zero-order valence-corrected chi connectivity index (χ0v) is 22.8. The van der Waals surface area contributed by atoms with Gasteiger partial charge in [0.25, 0.3) is 5.91 Å². The van der Waals surface area contributed by atoms with E-state index in [4.69, 9.17) is 9.73 Å². The normalized spacial score (nSPS) is 15.2. The summed E-state index contributed by atoms with van der Waals surface area (Å²) < 4.78 is 5.79. The van der Waals surface area contributed by atoms with Crippen LogP contribution in [0.3, 0.4) is 0 Å². The number of aliphatic imine (C=N–C) groups is 1. The van der Waals surface area contributed by atoms with Gasteiger partial charge in [-0.25, -0.2) is 4.99 Å². The number of benzene rings is 4. The first-order valence-electron chi connectivity index (χ1n) is 13.3. The summed E-state index contributed by atoms with van der Waals surface area (Å²) in [5.41, 5.74) is 3.67. The maximum atomic E-state index is 13.4. The van der Waals surface area contributed by atoms with Gasteiger partial charge in [0.15, 0.2) is 0 Å². The molecule has 1 aliphatic rings. The van der Waals surface area contributed by atoms with Crippen LogP contribution in [0.15, 0.2) is 114 Å². The zero-order valence-electron chi connectivity index (χ0n) is 22.8. The molecule has 5 rings (SSSR count). The first-order chi connectivity index (χ1) is 19.9. The highest BCUT2D eigenvalue weighted by atomic mass is 16.5. The van der Waals surface area contributed by atoms with E-state index in [-0.39, 0.29) is 18.2 Å². The molecule has 8 nitrogen and oxygen atoms in total. The van der Waals surface area contributed by atoms with Gasteiger partial charge in [0.2, 0.25) is 18.0 Å². The number of hydrogen-bond acceptors (Lipinski definition) is 5. The summed E-state index contributed by atoms with van der Waals surface area (Å²) in [5.74, 6) is 0.158. The third-order valence-corrected chi connectivity index (χ3v) is 6.71. The Kier molecular flexibility index (Phi) is 8.20. The van der Waals surface area contributed by atoms with Crippen molar-refractivity contribution in [2.75, 3.05) is 11.9 Å². The number of carbonyl (C=O) groups is 3. The van der Waals surface area contributed by atoms with Crippen LogP contribution in [0.1, 0.15) is 23.6 Å². The van der Waals surface area contributed by atoms with Crippen LogP contribution in [-0.2, 0) is 20.8 Å². The van der Waals surface area contributed by atoms with Gasteiger partial charge in [-0.3, -0.25) is 14.4 Å². The van der Waals surface area contributed by atoms with Crippen LogP contribution in [0.2, 0.25) is 0 Å². The van der Waals surface area contributed by atoms with Crippen molar-refractivity contribution < 1.29 is 19.1 Å². The summed E-state index contributed by atoms with van der Waals surface area (Å²) in [4.78, 5) is 45.4. The highest BCUT2D eigenvalue weighted by Crippen LogP contribution is 2.27. The minimum Gasteiger partial charge on any atom is -0.457 e. The van der Waals surface area contributed by atoms with Gasteiger partial charge in [0.05, 0.1) is 17.8 Å². The monoisotopic (exact) mass is 546 g/mol. The Morgan fingerprint density at radius 3 is 2.17 bits per heavy atom. The van der Waals surface area contributed by atoms with Crippen molar-refractivity contribution in [2.45, 2.75) is 25.6 Å². The van der Waals surface area contributed by atoms with Crippen molar-refractivity contribution in [3.8, 4) is 11.5 Å². The fourth-order valence-corrected chi connectivity index (χ4v) is 4.55. The van der Waals surface area contributed by atoms with Crippen molar-refractivity contribution in [2.24, 2.45) is 4.99 Å². The molecule has 0 aromatic heterocycles. The Balaban J connectivity index is 1.24. The van der Waals surface area contributed by atoms with E-state index in [9.17, 15) is 14.4 Å². The second kappa shape index (κ2) is 12.3. The molecule has 0 saturated heterocycles. The second-order valence-electron chi connectivity index (χ2n) is 9.69. The summed E-state index contributed by atoms with van der Waals surface area (Å²) in [5, 5.41) is 5.44. The Hall–Kier alpha value is -5.24. The van der Waals surface area contributed by atoms with E-state index in [1.54, 1.807) is 38.2 Å². The summed E-state index contributed by atoms with van der Waals surface area (Å²) in [6, 6.07) is 32.7. The van der Waals surface area contributed by atoms with E-state index in [0.29, 0.717) is 17.1 Å². The number of nitrogens with one attached hydrogen (secondary N) is 2. The molecule has 0 aliphatic carbocycles. The van der Waals surface area contributed by atoms with Gasteiger partial charge in [0, 0.05) is 18.2 Å². The lowest BCUT2D eigenvalue weighted by atomic mass is 10.0. The molecule has 0 bridgehead atoms. The maximum absolute atomic E-state index is 13.4. The first kappa shape index (κ1) is 27.3. The molecule has 1 heterocycles. The van der Waals surface area contributed by atoms with Gasteiger partial charge in [-0.05, 0) is 42.8 Å². The van der Waals surface area contributed by atoms with Crippen molar-refractivity contribution in [3.63, 3.8) is 0 Å². The van der Waals surface area contributed by atoms with E-state index in [0.717, 1.165) is 22.4 Å². The van der Waals surface area contributed by atoms with Crippen molar-refractivity contribution >= 4 is 29.1 Å². The van der Waals surface area contributed by atoms with E-state index in [1.807, 2.05) is 84.9 Å². The topological polar surface area (TPSA) is 100 Å². The van der Waals surface area contributed by atoms with E-state index < -0.39 is 18.1 Å². The molecule has 1 aliphatic heterocycles. The molecule has 2 N–H and O–H groups in total. The highest BCUT2D eigenvalue weighted by Gasteiger charge is 2.32. The number of para-hydroxylation sites is 2. The molecule has 2 atom stereocenters. The average Bonchev–Trinajstić information content (AvgIpc) is 3.09. The van der Waals surface area contributed by atoms with Gasteiger partial charge >= 0.3 is 0 Å². The predicted molar refractivity (Wildman–Crippen MR) is 158 cm³/mol. The van der Waals surface area contributed by atoms with Crippen LogP contribution in [0.25, 0.3) is 0 Å². The van der Waals surface area contributed by atoms with E-state index in [1.165, 1.54) is 4.90 Å². The molecule has 4 aromatic rings. The average molecular weight is 547 g/mol. The van der Waals surface area contributed by atoms with E-state index >= 15 is 0 Å². The van der Waals surface area contributed by atoms with Gasteiger partial charge in [0.1, 0.15) is 17.5 Å². The maximum Gasteiger partial charge on any atom is 0.272 e. The van der Waals surface area contributed by atoms with Crippen LogP contribution in [-0.4, -0.2) is 42.7 Å². The molecule has 0 spiro atoms. The summed E-state index contributed by atoms with van der Waals surface area (Å²) in [7, 11) is 1.66.